The Morgan fingerprint density at radius 3 is 2.07 bits per heavy atom. The normalized spacial score (nSPS) is 9.63. The van der Waals surface area contributed by atoms with Crippen LogP contribution >= 0.6 is 0 Å². The third-order valence-corrected chi connectivity index (χ3v) is 4.03. The Morgan fingerprint density at radius 1 is 0.967 bits per heavy atom. The zero-order valence-corrected chi connectivity index (χ0v) is 17.7. The molecule has 3 amide bonds. The van der Waals surface area contributed by atoms with Crippen molar-refractivity contribution in [1.29, 1.82) is 0 Å². The van der Waals surface area contributed by atoms with Crippen molar-refractivity contribution >= 4 is 17.6 Å². The molecule has 0 aromatic heterocycles. The largest absolute Gasteiger partial charge is 0.493 e. The summed E-state index contributed by atoms with van der Waals surface area (Å²) in [5.74, 6) is 7.04. The maximum atomic E-state index is 12.1. The summed E-state index contributed by atoms with van der Waals surface area (Å²) in [6, 6.07) is 9.80. The second-order valence-corrected chi connectivity index (χ2v) is 6.30. The van der Waals surface area contributed by atoms with Crippen molar-refractivity contribution in [2.45, 2.75) is 0 Å². The number of amides is 3. The molecule has 2 N–H and O–H groups in total. The monoisotopic (exact) mass is 411 g/mol. The first-order chi connectivity index (χ1) is 14.4. The van der Waals surface area contributed by atoms with Gasteiger partial charge in [-0.1, -0.05) is 11.8 Å². The molecule has 0 aliphatic carbocycles. The number of benzene rings is 2. The van der Waals surface area contributed by atoms with Gasteiger partial charge >= 0.3 is 6.03 Å². The van der Waals surface area contributed by atoms with Crippen LogP contribution in [0.2, 0.25) is 0 Å². The lowest BCUT2D eigenvalue weighted by molar-refractivity contribution is 0.0827. The van der Waals surface area contributed by atoms with Crippen molar-refractivity contribution in [1.82, 2.24) is 10.2 Å². The first-order valence-electron chi connectivity index (χ1n) is 9.05. The van der Waals surface area contributed by atoms with E-state index in [0.717, 1.165) is 5.56 Å². The summed E-state index contributed by atoms with van der Waals surface area (Å²) in [6.45, 7) is 0.147. The molecule has 0 radical (unpaired) electrons. The number of nitrogens with zero attached hydrogens (tertiary/aromatic N) is 1. The van der Waals surface area contributed by atoms with Gasteiger partial charge in [-0.15, -0.1) is 0 Å². The molecule has 2 aromatic rings. The number of urea groups is 1. The second kappa shape index (κ2) is 10.6. The summed E-state index contributed by atoms with van der Waals surface area (Å²) in [6.07, 6.45) is 0. The maximum Gasteiger partial charge on any atom is 0.319 e. The average molecular weight is 411 g/mol. The van der Waals surface area contributed by atoms with Crippen molar-refractivity contribution in [3.8, 4) is 29.1 Å². The number of hydrogen-bond acceptors (Lipinski definition) is 5. The minimum Gasteiger partial charge on any atom is -0.493 e. The third kappa shape index (κ3) is 5.82. The number of nitrogens with one attached hydrogen (secondary N) is 2. The van der Waals surface area contributed by atoms with Crippen LogP contribution in [-0.4, -0.2) is 58.8 Å². The van der Waals surface area contributed by atoms with E-state index >= 15 is 0 Å². The number of hydrogen-bond donors (Lipinski definition) is 2. The minimum absolute atomic E-state index is 0.0698. The predicted molar refractivity (Wildman–Crippen MR) is 114 cm³/mol. The number of rotatable bonds is 6. The lowest BCUT2D eigenvalue weighted by Gasteiger charge is -2.14. The van der Waals surface area contributed by atoms with Gasteiger partial charge in [-0.05, 0) is 24.3 Å². The van der Waals surface area contributed by atoms with Crippen LogP contribution in [0.15, 0.2) is 36.4 Å². The molecular weight excluding hydrogens is 386 g/mol. The quantitative estimate of drug-likeness (QED) is 0.714. The van der Waals surface area contributed by atoms with Gasteiger partial charge in [-0.25, -0.2) is 4.79 Å². The van der Waals surface area contributed by atoms with Crippen LogP contribution in [0, 0.1) is 11.8 Å². The standard InChI is InChI=1S/C22H25N3O5/c1-25(2)21(26)16-10-8-15(9-11-16)7-6-12-23-22(27)24-17-13-18(28-3)20(30-5)19(14-17)29-4/h8-11,13-14H,12H2,1-5H3,(H2,23,24,27). The fourth-order valence-corrected chi connectivity index (χ4v) is 2.55. The molecule has 0 atom stereocenters. The van der Waals surface area contributed by atoms with Gasteiger partial charge in [0, 0.05) is 37.4 Å². The molecule has 158 valence electrons. The molecule has 8 nitrogen and oxygen atoms in total. The lowest BCUT2D eigenvalue weighted by atomic mass is 10.1. The third-order valence-electron chi connectivity index (χ3n) is 4.03. The molecule has 0 spiro atoms. The highest BCUT2D eigenvalue weighted by atomic mass is 16.5. The van der Waals surface area contributed by atoms with E-state index in [-0.39, 0.29) is 12.5 Å². The summed E-state index contributed by atoms with van der Waals surface area (Å²) < 4.78 is 15.8. The molecule has 0 unspecified atom stereocenters. The first kappa shape index (κ1) is 22.4. The van der Waals surface area contributed by atoms with Crippen LogP contribution in [0.5, 0.6) is 17.2 Å². The van der Waals surface area contributed by atoms with Crippen LogP contribution < -0.4 is 24.8 Å². The van der Waals surface area contributed by atoms with Crippen molar-refractivity contribution < 1.29 is 23.8 Å². The molecule has 2 aromatic carbocycles. The zero-order chi connectivity index (χ0) is 22.1. The highest BCUT2D eigenvalue weighted by Crippen LogP contribution is 2.39. The number of anilines is 1. The van der Waals surface area contributed by atoms with Gasteiger partial charge in [-0.2, -0.15) is 0 Å². The van der Waals surface area contributed by atoms with Gasteiger partial charge < -0.3 is 29.7 Å². The van der Waals surface area contributed by atoms with Gasteiger partial charge in [0.15, 0.2) is 11.5 Å². The summed E-state index contributed by atoms with van der Waals surface area (Å²) >= 11 is 0. The molecule has 0 saturated carbocycles. The van der Waals surface area contributed by atoms with Crippen molar-refractivity contribution in [3.63, 3.8) is 0 Å². The van der Waals surface area contributed by atoms with Crippen molar-refractivity contribution in [2.24, 2.45) is 0 Å². The van der Waals surface area contributed by atoms with Crippen molar-refractivity contribution in [2.75, 3.05) is 47.3 Å². The summed E-state index contributed by atoms with van der Waals surface area (Å²) in [7, 11) is 7.90. The van der Waals surface area contributed by atoms with Gasteiger partial charge in [0.2, 0.25) is 5.75 Å². The van der Waals surface area contributed by atoms with Crippen LogP contribution in [-0.2, 0) is 0 Å². The molecule has 30 heavy (non-hydrogen) atoms. The zero-order valence-electron chi connectivity index (χ0n) is 17.7. The SMILES string of the molecule is COc1cc(NC(=O)NCC#Cc2ccc(C(=O)N(C)C)cc2)cc(OC)c1OC. The number of carbonyl (C=O) groups is 2. The van der Waals surface area contributed by atoms with Gasteiger partial charge in [0.25, 0.3) is 5.91 Å². The molecule has 0 heterocycles. The van der Waals surface area contributed by atoms with E-state index in [0.29, 0.717) is 28.5 Å². The smallest absolute Gasteiger partial charge is 0.319 e. The maximum absolute atomic E-state index is 12.1. The second-order valence-electron chi connectivity index (χ2n) is 6.30. The average Bonchev–Trinajstić information content (AvgIpc) is 2.75. The van der Waals surface area contributed by atoms with E-state index in [4.69, 9.17) is 14.2 Å². The summed E-state index contributed by atoms with van der Waals surface area (Å²) in [5, 5.41) is 5.35. The fraction of sp³-hybridized carbons (Fsp3) is 0.273. The molecule has 0 fully saturated rings. The summed E-state index contributed by atoms with van der Waals surface area (Å²) in [4.78, 5) is 25.5. The topological polar surface area (TPSA) is 89.1 Å². The summed E-state index contributed by atoms with van der Waals surface area (Å²) in [5.41, 5.74) is 1.82. The molecule has 8 heteroatoms. The van der Waals surface area contributed by atoms with E-state index in [2.05, 4.69) is 22.5 Å². The first-order valence-corrected chi connectivity index (χ1v) is 9.05. The number of carbonyl (C=O) groups excluding carboxylic acids is 2. The van der Waals surface area contributed by atoms with E-state index in [1.165, 1.54) is 26.2 Å². The molecule has 2 rings (SSSR count). The molecule has 0 bridgehead atoms. The van der Waals surface area contributed by atoms with Crippen LogP contribution in [0.3, 0.4) is 0 Å². The number of ether oxygens (including phenoxy) is 3. The van der Waals surface area contributed by atoms with Crippen LogP contribution in [0.4, 0.5) is 10.5 Å². The molecular formula is C22H25N3O5. The van der Waals surface area contributed by atoms with Gasteiger partial charge in [-0.3, -0.25) is 4.79 Å². The molecule has 0 saturated heterocycles. The Balaban J connectivity index is 1.94. The highest BCUT2D eigenvalue weighted by Gasteiger charge is 2.14. The Labute approximate surface area is 176 Å². The Bertz CT molecular complexity index is 934. The van der Waals surface area contributed by atoms with Gasteiger partial charge in [0.05, 0.1) is 33.6 Å². The van der Waals surface area contributed by atoms with Crippen LogP contribution in [0.25, 0.3) is 0 Å². The van der Waals surface area contributed by atoms with Gasteiger partial charge in [0.1, 0.15) is 0 Å². The predicted octanol–water partition coefficient (Wildman–Crippen LogP) is 2.59. The van der Waals surface area contributed by atoms with E-state index in [1.807, 2.05) is 0 Å². The molecule has 0 aliphatic heterocycles. The Kier molecular flexibility index (Phi) is 7.94. The van der Waals surface area contributed by atoms with E-state index in [9.17, 15) is 9.59 Å². The minimum atomic E-state index is -0.425. The highest BCUT2D eigenvalue weighted by molar-refractivity contribution is 5.94. The van der Waals surface area contributed by atoms with Crippen molar-refractivity contribution in [3.05, 3.63) is 47.5 Å². The molecule has 0 aliphatic rings. The Morgan fingerprint density at radius 2 is 1.57 bits per heavy atom. The lowest BCUT2D eigenvalue weighted by Crippen LogP contribution is -2.28. The van der Waals surface area contributed by atoms with Crippen LogP contribution in [0.1, 0.15) is 15.9 Å². The Hall–Kier alpha value is -3.86. The number of methoxy groups -OCH3 is 3. The van der Waals surface area contributed by atoms with E-state index in [1.54, 1.807) is 50.5 Å². The fourth-order valence-electron chi connectivity index (χ4n) is 2.55. The van der Waals surface area contributed by atoms with E-state index < -0.39 is 6.03 Å².